The summed E-state index contributed by atoms with van der Waals surface area (Å²) < 4.78 is 20.9. The first-order valence-corrected chi connectivity index (χ1v) is 11.8. The second kappa shape index (κ2) is 11.4. The van der Waals surface area contributed by atoms with E-state index in [0.717, 1.165) is 11.3 Å². The van der Waals surface area contributed by atoms with Crippen LogP contribution < -0.4 is 15.4 Å². The van der Waals surface area contributed by atoms with Crippen LogP contribution in [0.1, 0.15) is 13.8 Å². The SMILES string of the molecule is COc1ccc(-n2nc(-c3ccccc3)cc2NC(=O)CN(C(=O)Nc2ccccc2F)C(C)C)cc1. The number of urea groups is 1. The minimum Gasteiger partial charge on any atom is -0.497 e. The number of nitrogens with zero attached hydrogens (tertiary/aromatic N) is 3. The Balaban J connectivity index is 1.57. The van der Waals surface area contributed by atoms with Crippen LogP contribution in [0, 0.1) is 5.82 Å². The Labute approximate surface area is 214 Å². The minimum atomic E-state index is -0.580. The van der Waals surface area contributed by atoms with Gasteiger partial charge in [-0.15, -0.1) is 0 Å². The number of carbonyl (C=O) groups excluding carboxylic acids is 2. The molecule has 1 aromatic heterocycles. The lowest BCUT2D eigenvalue weighted by Crippen LogP contribution is -2.44. The fourth-order valence-corrected chi connectivity index (χ4v) is 3.72. The van der Waals surface area contributed by atoms with Gasteiger partial charge in [-0.25, -0.2) is 13.9 Å². The summed E-state index contributed by atoms with van der Waals surface area (Å²) in [4.78, 5) is 27.3. The fourth-order valence-electron chi connectivity index (χ4n) is 3.72. The number of methoxy groups -OCH3 is 1. The van der Waals surface area contributed by atoms with Crippen molar-refractivity contribution in [1.82, 2.24) is 14.7 Å². The number of hydrogen-bond donors (Lipinski definition) is 2. The lowest BCUT2D eigenvalue weighted by atomic mass is 10.1. The Morgan fingerprint density at radius 3 is 2.30 bits per heavy atom. The predicted octanol–water partition coefficient (Wildman–Crippen LogP) is 5.57. The number of ether oxygens (including phenoxy) is 1. The highest BCUT2D eigenvalue weighted by Gasteiger charge is 2.22. The zero-order valence-electron chi connectivity index (χ0n) is 20.8. The topological polar surface area (TPSA) is 88.5 Å². The van der Waals surface area contributed by atoms with Crippen LogP contribution in [0.5, 0.6) is 5.75 Å². The van der Waals surface area contributed by atoms with Gasteiger partial charge in [0.15, 0.2) is 0 Å². The van der Waals surface area contributed by atoms with Gasteiger partial charge in [-0.2, -0.15) is 5.10 Å². The summed E-state index contributed by atoms with van der Waals surface area (Å²) in [5.74, 6) is 0.151. The first-order valence-electron chi connectivity index (χ1n) is 11.8. The summed E-state index contributed by atoms with van der Waals surface area (Å²) in [5, 5.41) is 10.1. The van der Waals surface area contributed by atoms with E-state index in [1.165, 1.54) is 23.1 Å². The first-order chi connectivity index (χ1) is 17.9. The average molecular weight is 502 g/mol. The van der Waals surface area contributed by atoms with Gasteiger partial charge in [0.25, 0.3) is 0 Å². The smallest absolute Gasteiger partial charge is 0.322 e. The summed E-state index contributed by atoms with van der Waals surface area (Å²) in [6.45, 7) is 3.32. The molecule has 9 heteroatoms. The zero-order valence-corrected chi connectivity index (χ0v) is 20.8. The third kappa shape index (κ3) is 6.13. The number of anilines is 2. The molecule has 0 atom stereocenters. The highest BCUT2D eigenvalue weighted by molar-refractivity contribution is 5.97. The molecule has 3 aromatic carbocycles. The monoisotopic (exact) mass is 501 g/mol. The molecule has 2 N–H and O–H groups in total. The fraction of sp³-hybridized carbons (Fsp3) is 0.179. The molecule has 0 aliphatic heterocycles. The maximum absolute atomic E-state index is 14.0. The second-order valence-electron chi connectivity index (χ2n) is 8.57. The van der Waals surface area contributed by atoms with Crippen molar-refractivity contribution in [3.63, 3.8) is 0 Å². The Bertz CT molecular complexity index is 1370. The molecule has 0 saturated heterocycles. The molecule has 0 spiro atoms. The lowest BCUT2D eigenvalue weighted by Gasteiger charge is -2.26. The van der Waals surface area contributed by atoms with E-state index in [1.807, 2.05) is 42.5 Å². The van der Waals surface area contributed by atoms with Crippen molar-refractivity contribution >= 4 is 23.4 Å². The number of rotatable bonds is 8. The highest BCUT2D eigenvalue weighted by atomic mass is 19.1. The van der Waals surface area contributed by atoms with E-state index in [-0.39, 0.29) is 18.3 Å². The van der Waals surface area contributed by atoms with Gasteiger partial charge in [0.2, 0.25) is 5.91 Å². The molecule has 0 aliphatic carbocycles. The van der Waals surface area contributed by atoms with Crippen LogP contribution in [-0.4, -0.2) is 46.3 Å². The van der Waals surface area contributed by atoms with Crippen molar-refractivity contribution in [3.8, 4) is 22.7 Å². The van der Waals surface area contributed by atoms with Gasteiger partial charge < -0.3 is 20.3 Å². The lowest BCUT2D eigenvalue weighted by molar-refractivity contribution is -0.117. The third-order valence-electron chi connectivity index (χ3n) is 5.68. The van der Waals surface area contributed by atoms with Crippen LogP contribution in [0.25, 0.3) is 16.9 Å². The van der Waals surface area contributed by atoms with E-state index < -0.39 is 17.8 Å². The first kappa shape index (κ1) is 25.4. The van der Waals surface area contributed by atoms with E-state index in [0.29, 0.717) is 17.3 Å². The number of benzene rings is 3. The molecule has 1 heterocycles. The van der Waals surface area contributed by atoms with Gasteiger partial charge >= 0.3 is 6.03 Å². The van der Waals surface area contributed by atoms with E-state index in [9.17, 15) is 14.0 Å². The molecular weight excluding hydrogens is 473 g/mol. The molecule has 37 heavy (non-hydrogen) atoms. The Hall–Kier alpha value is -4.66. The number of hydrogen-bond acceptors (Lipinski definition) is 4. The molecule has 4 rings (SSSR count). The molecule has 0 aliphatic rings. The van der Waals surface area contributed by atoms with E-state index in [2.05, 4.69) is 10.6 Å². The molecule has 190 valence electrons. The normalized spacial score (nSPS) is 10.7. The number of nitrogens with one attached hydrogen (secondary N) is 2. The van der Waals surface area contributed by atoms with Crippen LogP contribution in [0.3, 0.4) is 0 Å². The Morgan fingerprint density at radius 2 is 1.65 bits per heavy atom. The van der Waals surface area contributed by atoms with Crippen LogP contribution in [-0.2, 0) is 4.79 Å². The maximum atomic E-state index is 14.0. The number of para-hydroxylation sites is 1. The predicted molar refractivity (Wildman–Crippen MR) is 141 cm³/mol. The summed E-state index contributed by atoms with van der Waals surface area (Å²) in [5.41, 5.74) is 2.32. The average Bonchev–Trinajstić information content (AvgIpc) is 3.32. The molecule has 0 saturated carbocycles. The summed E-state index contributed by atoms with van der Waals surface area (Å²) >= 11 is 0. The highest BCUT2D eigenvalue weighted by Crippen LogP contribution is 2.26. The Morgan fingerprint density at radius 1 is 0.973 bits per heavy atom. The summed E-state index contributed by atoms with van der Waals surface area (Å²) in [6, 6.07) is 23.6. The second-order valence-corrected chi connectivity index (χ2v) is 8.57. The van der Waals surface area contributed by atoms with Gasteiger partial charge in [-0.1, -0.05) is 42.5 Å². The molecular formula is C28H28FN5O3. The van der Waals surface area contributed by atoms with E-state index in [4.69, 9.17) is 9.84 Å². The molecule has 0 fully saturated rings. The molecule has 0 bridgehead atoms. The molecule has 3 amide bonds. The number of carbonyl (C=O) groups is 2. The van der Waals surface area contributed by atoms with Crippen molar-refractivity contribution < 1.29 is 18.7 Å². The standard InChI is InChI=1S/C28H28FN5O3/c1-19(2)33(28(36)30-24-12-8-7-11-23(24)29)18-27(35)31-26-17-25(20-9-5-4-6-10-20)32-34(26)21-13-15-22(37-3)16-14-21/h4-17,19H,18H2,1-3H3,(H,30,36)(H,31,35). The van der Waals surface area contributed by atoms with E-state index in [1.54, 1.807) is 49.9 Å². The van der Waals surface area contributed by atoms with Crippen molar-refractivity contribution in [3.05, 3.63) is 90.7 Å². The van der Waals surface area contributed by atoms with Crippen LogP contribution in [0.15, 0.2) is 84.9 Å². The molecule has 8 nitrogen and oxygen atoms in total. The number of amides is 3. The maximum Gasteiger partial charge on any atom is 0.322 e. The number of aromatic nitrogens is 2. The van der Waals surface area contributed by atoms with E-state index >= 15 is 0 Å². The van der Waals surface area contributed by atoms with Crippen molar-refractivity contribution in [2.45, 2.75) is 19.9 Å². The van der Waals surface area contributed by atoms with Crippen molar-refractivity contribution in [2.24, 2.45) is 0 Å². The molecule has 0 unspecified atom stereocenters. The Kier molecular flexibility index (Phi) is 7.83. The van der Waals surface area contributed by atoms with Crippen LogP contribution >= 0.6 is 0 Å². The summed E-state index contributed by atoms with van der Waals surface area (Å²) in [7, 11) is 1.59. The zero-order chi connectivity index (χ0) is 26.4. The minimum absolute atomic E-state index is 0.0450. The summed E-state index contributed by atoms with van der Waals surface area (Å²) in [6.07, 6.45) is 0. The van der Waals surface area contributed by atoms with Gasteiger partial charge in [-0.3, -0.25) is 4.79 Å². The quantitative estimate of drug-likeness (QED) is 0.331. The van der Waals surface area contributed by atoms with Gasteiger partial charge in [0.05, 0.1) is 24.2 Å². The van der Waals surface area contributed by atoms with Crippen LogP contribution in [0.2, 0.25) is 0 Å². The van der Waals surface area contributed by atoms with Crippen molar-refractivity contribution in [1.29, 1.82) is 0 Å². The van der Waals surface area contributed by atoms with Gasteiger partial charge in [-0.05, 0) is 50.2 Å². The third-order valence-corrected chi connectivity index (χ3v) is 5.68. The van der Waals surface area contributed by atoms with Gasteiger partial charge in [0.1, 0.15) is 23.9 Å². The molecule has 0 radical (unpaired) electrons. The number of halogens is 1. The largest absolute Gasteiger partial charge is 0.497 e. The van der Waals surface area contributed by atoms with Crippen LogP contribution in [0.4, 0.5) is 20.7 Å². The van der Waals surface area contributed by atoms with Crippen molar-refractivity contribution in [2.75, 3.05) is 24.3 Å². The molecule has 4 aromatic rings. The van der Waals surface area contributed by atoms with Gasteiger partial charge in [0, 0.05) is 17.7 Å².